The average Bonchev–Trinajstić information content (AvgIpc) is 2.84. The van der Waals surface area contributed by atoms with Crippen LogP contribution < -0.4 is 22.1 Å². The quantitative estimate of drug-likeness (QED) is 0.179. The van der Waals surface area contributed by atoms with E-state index in [1.165, 1.54) is 0 Å². The van der Waals surface area contributed by atoms with Gasteiger partial charge in [0.15, 0.2) is 0 Å². The first-order valence-corrected chi connectivity index (χ1v) is 12.7. The standard InChI is InChI=1S/C26H44N4O4/c1-2-3-6-15-22(28)25(32)30-23(16-10-11-18-27)26(33)29-19-12-5-9-17-24(31)34-20-21-13-7-4-8-14-21/h4,7-8,13-14,22-23H,2-3,5-6,9-12,15-20,27-28H2,1H3,(H,29,33)(H,30,32). The van der Waals surface area contributed by atoms with E-state index in [1.807, 2.05) is 30.3 Å². The Morgan fingerprint density at radius 1 is 0.912 bits per heavy atom. The van der Waals surface area contributed by atoms with Crippen molar-refractivity contribution in [1.82, 2.24) is 10.6 Å². The first-order chi connectivity index (χ1) is 16.5. The summed E-state index contributed by atoms with van der Waals surface area (Å²) in [7, 11) is 0. The molecule has 0 aliphatic carbocycles. The molecule has 0 spiro atoms. The monoisotopic (exact) mass is 476 g/mol. The predicted molar refractivity (Wildman–Crippen MR) is 135 cm³/mol. The zero-order valence-corrected chi connectivity index (χ0v) is 20.7. The first-order valence-electron chi connectivity index (χ1n) is 12.7. The third-order valence-corrected chi connectivity index (χ3v) is 5.63. The normalized spacial score (nSPS) is 12.6. The highest BCUT2D eigenvalue weighted by molar-refractivity contribution is 5.89. The fourth-order valence-electron chi connectivity index (χ4n) is 3.50. The fourth-order valence-corrected chi connectivity index (χ4v) is 3.50. The zero-order valence-electron chi connectivity index (χ0n) is 20.7. The van der Waals surface area contributed by atoms with Crippen LogP contribution in [-0.4, -0.2) is 43.0 Å². The summed E-state index contributed by atoms with van der Waals surface area (Å²) in [5.41, 5.74) is 12.5. The Hall–Kier alpha value is -2.45. The third kappa shape index (κ3) is 14.0. The molecule has 2 atom stereocenters. The molecule has 8 nitrogen and oxygen atoms in total. The van der Waals surface area contributed by atoms with Gasteiger partial charge in [0.05, 0.1) is 6.04 Å². The number of rotatable bonds is 19. The number of carbonyl (C=O) groups excluding carboxylic acids is 3. The van der Waals surface area contributed by atoms with Crippen LogP contribution >= 0.6 is 0 Å². The van der Waals surface area contributed by atoms with Crippen molar-refractivity contribution in [2.45, 2.75) is 96.2 Å². The zero-order chi connectivity index (χ0) is 25.0. The summed E-state index contributed by atoms with van der Waals surface area (Å²) in [6.45, 7) is 3.42. The Labute approximate surface area is 204 Å². The van der Waals surface area contributed by atoms with Gasteiger partial charge in [-0.3, -0.25) is 14.4 Å². The highest BCUT2D eigenvalue weighted by Gasteiger charge is 2.23. The highest BCUT2D eigenvalue weighted by Crippen LogP contribution is 2.07. The second kappa shape index (κ2) is 18.9. The van der Waals surface area contributed by atoms with E-state index >= 15 is 0 Å². The molecule has 0 saturated heterocycles. The number of ether oxygens (including phenoxy) is 1. The Morgan fingerprint density at radius 2 is 1.65 bits per heavy atom. The minimum atomic E-state index is -0.607. The van der Waals surface area contributed by atoms with Crippen LogP contribution in [-0.2, 0) is 25.7 Å². The molecule has 2 unspecified atom stereocenters. The minimum Gasteiger partial charge on any atom is -0.461 e. The van der Waals surface area contributed by atoms with Crippen molar-refractivity contribution in [3.8, 4) is 0 Å². The highest BCUT2D eigenvalue weighted by atomic mass is 16.5. The van der Waals surface area contributed by atoms with Gasteiger partial charge in [0.1, 0.15) is 12.6 Å². The van der Waals surface area contributed by atoms with Crippen molar-refractivity contribution in [3.63, 3.8) is 0 Å². The molecule has 0 aliphatic rings. The number of amides is 2. The Morgan fingerprint density at radius 3 is 2.35 bits per heavy atom. The number of nitrogens with two attached hydrogens (primary N) is 2. The molecule has 8 heteroatoms. The van der Waals surface area contributed by atoms with Crippen molar-refractivity contribution in [2.24, 2.45) is 11.5 Å². The summed E-state index contributed by atoms with van der Waals surface area (Å²) in [5.74, 6) is -0.697. The molecule has 0 aromatic heterocycles. The number of carbonyl (C=O) groups is 3. The number of unbranched alkanes of at least 4 members (excludes halogenated alkanes) is 5. The Bertz CT molecular complexity index is 699. The molecule has 1 rings (SSSR count). The molecule has 1 aromatic rings. The predicted octanol–water partition coefficient (Wildman–Crippen LogP) is 2.93. The van der Waals surface area contributed by atoms with Crippen LogP contribution in [0.4, 0.5) is 0 Å². The van der Waals surface area contributed by atoms with Gasteiger partial charge < -0.3 is 26.8 Å². The molecule has 2 amide bonds. The summed E-state index contributed by atoms with van der Waals surface area (Å²) >= 11 is 0. The van der Waals surface area contributed by atoms with Crippen LogP contribution in [0.1, 0.15) is 83.1 Å². The number of esters is 1. The Kier molecular flexibility index (Phi) is 16.5. The second-order valence-corrected chi connectivity index (χ2v) is 8.70. The van der Waals surface area contributed by atoms with Gasteiger partial charge in [0.25, 0.3) is 0 Å². The lowest BCUT2D eigenvalue weighted by Gasteiger charge is -2.21. The third-order valence-electron chi connectivity index (χ3n) is 5.63. The van der Waals surface area contributed by atoms with Crippen molar-refractivity contribution in [1.29, 1.82) is 0 Å². The van der Waals surface area contributed by atoms with Crippen LogP contribution in [0, 0.1) is 0 Å². The van der Waals surface area contributed by atoms with E-state index in [-0.39, 0.29) is 24.4 Å². The lowest BCUT2D eigenvalue weighted by Crippen LogP contribution is -2.51. The maximum atomic E-state index is 12.6. The lowest BCUT2D eigenvalue weighted by atomic mass is 10.1. The van der Waals surface area contributed by atoms with E-state index in [9.17, 15) is 14.4 Å². The number of nitrogens with one attached hydrogen (secondary N) is 2. The van der Waals surface area contributed by atoms with E-state index in [0.717, 1.165) is 50.5 Å². The summed E-state index contributed by atoms with van der Waals surface area (Å²) in [4.78, 5) is 36.9. The molecular weight excluding hydrogens is 432 g/mol. The fraction of sp³-hybridized carbons (Fsp3) is 0.654. The number of hydrogen-bond acceptors (Lipinski definition) is 6. The van der Waals surface area contributed by atoms with Crippen LogP contribution in [0.5, 0.6) is 0 Å². The first kappa shape index (κ1) is 29.6. The van der Waals surface area contributed by atoms with E-state index in [2.05, 4.69) is 17.6 Å². The van der Waals surface area contributed by atoms with Crippen LogP contribution in [0.2, 0.25) is 0 Å². The van der Waals surface area contributed by atoms with E-state index in [1.54, 1.807) is 0 Å². The summed E-state index contributed by atoms with van der Waals surface area (Å²) < 4.78 is 5.27. The average molecular weight is 477 g/mol. The molecular formula is C26H44N4O4. The topological polar surface area (TPSA) is 137 Å². The molecule has 1 aromatic carbocycles. The van der Waals surface area contributed by atoms with E-state index in [0.29, 0.717) is 38.8 Å². The van der Waals surface area contributed by atoms with Crippen molar-refractivity contribution in [2.75, 3.05) is 13.1 Å². The SMILES string of the molecule is CCCCCC(N)C(=O)NC(CCCCN)C(=O)NCCCCCC(=O)OCc1ccccc1. The molecule has 6 N–H and O–H groups in total. The largest absolute Gasteiger partial charge is 0.461 e. The minimum absolute atomic E-state index is 0.201. The van der Waals surface area contributed by atoms with E-state index in [4.69, 9.17) is 16.2 Å². The van der Waals surface area contributed by atoms with Gasteiger partial charge in [-0.1, -0.05) is 62.9 Å². The van der Waals surface area contributed by atoms with Gasteiger partial charge in [-0.2, -0.15) is 0 Å². The van der Waals surface area contributed by atoms with Gasteiger partial charge >= 0.3 is 5.97 Å². The maximum absolute atomic E-state index is 12.6. The van der Waals surface area contributed by atoms with Gasteiger partial charge in [0, 0.05) is 13.0 Å². The molecule has 0 heterocycles. The second-order valence-electron chi connectivity index (χ2n) is 8.70. The van der Waals surface area contributed by atoms with Crippen molar-refractivity contribution >= 4 is 17.8 Å². The molecule has 0 saturated carbocycles. The molecule has 192 valence electrons. The van der Waals surface area contributed by atoms with Gasteiger partial charge in [-0.05, 0) is 50.6 Å². The van der Waals surface area contributed by atoms with Crippen LogP contribution in [0.3, 0.4) is 0 Å². The molecule has 0 fully saturated rings. The van der Waals surface area contributed by atoms with E-state index < -0.39 is 12.1 Å². The summed E-state index contributed by atoms with van der Waals surface area (Å²) in [6, 6.07) is 8.37. The number of benzene rings is 1. The number of hydrogen-bond donors (Lipinski definition) is 4. The molecule has 0 aliphatic heterocycles. The van der Waals surface area contributed by atoms with Crippen LogP contribution in [0.15, 0.2) is 30.3 Å². The summed E-state index contributed by atoms with van der Waals surface area (Å²) in [6.07, 6.45) is 8.29. The van der Waals surface area contributed by atoms with Crippen molar-refractivity contribution in [3.05, 3.63) is 35.9 Å². The molecule has 0 bridgehead atoms. The molecule has 0 radical (unpaired) electrons. The van der Waals surface area contributed by atoms with Gasteiger partial charge in [-0.15, -0.1) is 0 Å². The lowest BCUT2D eigenvalue weighted by molar-refractivity contribution is -0.145. The van der Waals surface area contributed by atoms with Crippen molar-refractivity contribution < 1.29 is 19.1 Å². The molecule has 34 heavy (non-hydrogen) atoms. The smallest absolute Gasteiger partial charge is 0.306 e. The maximum Gasteiger partial charge on any atom is 0.306 e. The van der Waals surface area contributed by atoms with Gasteiger partial charge in [-0.25, -0.2) is 0 Å². The van der Waals surface area contributed by atoms with Gasteiger partial charge in [0.2, 0.25) is 11.8 Å². The Balaban J connectivity index is 2.28. The summed E-state index contributed by atoms with van der Waals surface area (Å²) in [5, 5.41) is 5.72. The van der Waals surface area contributed by atoms with Crippen LogP contribution in [0.25, 0.3) is 0 Å².